The molecule has 0 amide bonds. The van der Waals surface area contributed by atoms with E-state index in [2.05, 4.69) is 23.2 Å². The summed E-state index contributed by atoms with van der Waals surface area (Å²) in [6.07, 6.45) is 2.84. The first-order valence-corrected chi connectivity index (χ1v) is 6.20. The SMILES string of the molecule is Cc1nc2c(C)cc(-c3ccccc3)cn2c1C=O. The molecule has 1 aromatic carbocycles. The molecule has 3 heteroatoms. The standard InChI is InChI=1S/C16H14N2O/c1-11-8-14(13-6-4-3-5-7-13)9-18-15(10-19)12(2)17-16(11)18/h3-10H,1-2H3. The van der Waals surface area contributed by atoms with Gasteiger partial charge in [0, 0.05) is 6.20 Å². The van der Waals surface area contributed by atoms with Crippen LogP contribution in [0.15, 0.2) is 42.6 Å². The summed E-state index contributed by atoms with van der Waals surface area (Å²) in [7, 11) is 0. The molecule has 19 heavy (non-hydrogen) atoms. The zero-order valence-electron chi connectivity index (χ0n) is 10.9. The summed E-state index contributed by atoms with van der Waals surface area (Å²) >= 11 is 0. The smallest absolute Gasteiger partial charge is 0.168 e. The van der Waals surface area contributed by atoms with Gasteiger partial charge in [0.15, 0.2) is 6.29 Å². The second-order valence-corrected chi connectivity index (χ2v) is 4.67. The van der Waals surface area contributed by atoms with Crippen LogP contribution in [-0.4, -0.2) is 15.7 Å². The van der Waals surface area contributed by atoms with Gasteiger partial charge in [0.1, 0.15) is 11.3 Å². The van der Waals surface area contributed by atoms with Crippen molar-refractivity contribution in [2.75, 3.05) is 0 Å². The zero-order chi connectivity index (χ0) is 13.4. The number of aryl methyl sites for hydroxylation is 2. The number of aldehydes is 1. The molecule has 2 heterocycles. The molecule has 0 fully saturated rings. The number of hydrogen-bond donors (Lipinski definition) is 0. The Balaban J connectivity index is 2.32. The van der Waals surface area contributed by atoms with Crippen molar-refractivity contribution in [3.63, 3.8) is 0 Å². The van der Waals surface area contributed by atoms with Gasteiger partial charge >= 0.3 is 0 Å². The van der Waals surface area contributed by atoms with E-state index in [0.717, 1.165) is 34.3 Å². The number of carbonyl (C=O) groups is 1. The molecule has 0 aliphatic rings. The van der Waals surface area contributed by atoms with E-state index in [4.69, 9.17) is 0 Å². The third-order valence-corrected chi connectivity index (χ3v) is 3.34. The lowest BCUT2D eigenvalue weighted by atomic mass is 10.1. The summed E-state index contributed by atoms with van der Waals surface area (Å²) in [6, 6.07) is 12.2. The molecular weight excluding hydrogens is 236 g/mol. The number of hydrogen-bond acceptors (Lipinski definition) is 2. The lowest BCUT2D eigenvalue weighted by Gasteiger charge is -2.06. The van der Waals surface area contributed by atoms with Crippen LogP contribution in [0.2, 0.25) is 0 Å². The predicted molar refractivity (Wildman–Crippen MR) is 75.5 cm³/mol. The van der Waals surface area contributed by atoms with E-state index in [1.807, 2.05) is 42.6 Å². The van der Waals surface area contributed by atoms with Crippen LogP contribution < -0.4 is 0 Å². The average Bonchev–Trinajstić information content (AvgIpc) is 2.76. The van der Waals surface area contributed by atoms with Gasteiger partial charge < -0.3 is 0 Å². The minimum atomic E-state index is 0.621. The van der Waals surface area contributed by atoms with E-state index >= 15 is 0 Å². The fraction of sp³-hybridized carbons (Fsp3) is 0.125. The third kappa shape index (κ3) is 1.83. The Bertz CT molecular complexity index is 757. The van der Waals surface area contributed by atoms with Gasteiger partial charge in [0.25, 0.3) is 0 Å². The minimum absolute atomic E-state index is 0.621. The van der Waals surface area contributed by atoms with Crippen LogP contribution in [0.4, 0.5) is 0 Å². The first-order valence-electron chi connectivity index (χ1n) is 6.20. The molecule has 0 bridgehead atoms. The lowest BCUT2D eigenvalue weighted by molar-refractivity contribution is 0.111. The highest BCUT2D eigenvalue weighted by molar-refractivity contribution is 5.78. The monoisotopic (exact) mass is 250 g/mol. The Morgan fingerprint density at radius 3 is 2.53 bits per heavy atom. The number of pyridine rings is 1. The Labute approximate surface area is 111 Å². The highest BCUT2D eigenvalue weighted by Crippen LogP contribution is 2.23. The normalized spacial score (nSPS) is 10.8. The maximum absolute atomic E-state index is 11.2. The van der Waals surface area contributed by atoms with E-state index in [9.17, 15) is 4.79 Å². The summed E-state index contributed by atoms with van der Waals surface area (Å²) in [4.78, 5) is 15.7. The van der Waals surface area contributed by atoms with Crippen LogP contribution in [0, 0.1) is 13.8 Å². The van der Waals surface area contributed by atoms with Crippen molar-refractivity contribution in [3.05, 3.63) is 59.5 Å². The van der Waals surface area contributed by atoms with Gasteiger partial charge in [-0.3, -0.25) is 9.20 Å². The van der Waals surface area contributed by atoms with Gasteiger partial charge in [-0.15, -0.1) is 0 Å². The fourth-order valence-corrected chi connectivity index (χ4v) is 2.37. The highest BCUT2D eigenvalue weighted by atomic mass is 16.1. The van der Waals surface area contributed by atoms with Crippen molar-refractivity contribution in [3.8, 4) is 11.1 Å². The maximum atomic E-state index is 11.2. The molecule has 0 aliphatic heterocycles. The number of nitrogens with zero attached hydrogens (tertiary/aromatic N) is 2. The molecule has 0 saturated carbocycles. The van der Waals surface area contributed by atoms with Crippen LogP contribution in [-0.2, 0) is 0 Å². The van der Waals surface area contributed by atoms with Crippen molar-refractivity contribution in [1.82, 2.24) is 9.38 Å². The predicted octanol–water partition coefficient (Wildman–Crippen LogP) is 3.43. The quantitative estimate of drug-likeness (QED) is 0.653. The van der Waals surface area contributed by atoms with Gasteiger partial charge in [0.2, 0.25) is 0 Å². The number of benzene rings is 1. The maximum Gasteiger partial charge on any atom is 0.168 e. The summed E-state index contributed by atoms with van der Waals surface area (Å²) < 4.78 is 1.88. The van der Waals surface area contributed by atoms with Crippen molar-refractivity contribution >= 4 is 11.9 Å². The highest BCUT2D eigenvalue weighted by Gasteiger charge is 2.11. The Hall–Kier alpha value is -2.42. The lowest BCUT2D eigenvalue weighted by Crippen LogP contribution is -1.95. The number of imidazole rings is 1. The number of aromatic nitrogens is 2. The molecule has 2 aromatic heterocycles. The van der Waals surface area contributed by atoms with E-state index in [0.29, 0.717) is 5.69 Å². The van der Waals surface area contributed by atoms with E-state index in [1.165, 1.54) is 0 Å². The van der Waals surface area contributed by atoms with Gasteiger partial charge in [-0.25, -0.2) is 4.98 Å². The topological polar surface area (TPSA) is 34.4 Å². The second-order valence-electron chi connectivity index (χ2n) is 4.67. The molecule has 0 N–H and O–H groups in total. The third-order valence-electron chi connectivity index (χ3n) is 3.34. The average molecular weight is 250 g/mol. The van der Waals surface area contributed by atoms with Crippen LogP contribution in [0.5, 0.6) is 0 Å². The molecule has 0 radical (unpaired) electrons. The van der Waals surface area contributed by atoms with Gasteiger partial charge in [-0.1, -0.05) is 30.3 Å². The van der Waals surface area contributed by atoms with E-state index in [-0.39, 0.29) is 0 Å². The fourth-order valence-electron chi connectivity index (χ4n) is 2.37. The van der Waals surface area contributed by atoms with Gasteiger partial charge in [-0.05, 0) is 36.6 Å². The summed E-state index contributed by atoms with van der Waals surface area (Å²) in [5, 5.41) is 0. The van der Waals surface area contributed by atoms with Gasteiger partial charge in [-0.2, -0.15) is 0 Å². The summed E-state index contributed by atoms with van der Waals surface area (Å²) in [6.45, 7) is 3.88. The molecular formula is C16H14N2O. The number of carbonyl (C=O) groups excluding carboxylic acids is 1. The molecule has 0 spiro atoms. The Morgan fingerprint density at radius 1 is 1.11 bits per heavy atom. The van der Waals surface area contributed by atoms with Crippen LogP contribution in [0.25, 0.3) is 16.8 Å². The molecule has 0 unspecified atom stereocenters. The molecule has 3 rings (SSSR count). The Kier molecular flexibility index (Phi) is 2.67. The Morgan fingerprint density at radius 2 is 1.84 bits per heavy atom. The molecule has 3 nitrogen and oxygen atoms in total. The largest absolute Gasteiger partial charge is 0.296 e. The molecule has 0 aliphatic carbocycles. The minimum Gasteiger partial charge on any atom is -0.296 e. The van der Waals surface area contributed by atoms with Gasteiger partial charge in [0.05, 0.1) is 5.69 Å². The number of rotatable bonds is 2. The second kappa shape index (κ2) is 4.35. The van der Waals surface area contributed by atoms with Crippen molar-refractivity contribution < 1.29 is 4.79 Å². The first kappa shape index (κ1) is 11.7. The van der Waals surface area contributed by atoms with Crippen molar-refractivity contribution in [2.45, 2.75) is 13.8 Å². The number of fused-ring (bicyclic) bond motifs is 1. The molecule has 3 aromatic rings. The van der Waals surface area contributed by atoms with Crippen LogP contribution >= 0.6 is 0 Å². The van der Waals surface area contributed by atoms with Crippen molar-refractivity contribution in [1.29, 1.82) is 0 Å². The molecule has 94 valence electrons. The first-order chi connectivity index (χ1) is 9.20. The molecule has 0 saturated heterocycles. The van der Waals surface area contributed by atoms with Crippen LogP contribution in [0.1, 0.15) is 21.7 Å². The van der Waals surface area contributed by atoms with Crippen molar-refractivity contribution in [2.24, 2.45) is 0 Å². The molecule has 0 atom stereocenters. The van der Waals surface area contributed by atoms with Crippen LogP contribution in [0.3, 0.4) is 0 Å². The zero-order valence-corrected chi connectivity index (χ0v) is 10.9. The summed E-state index contributed by atoms with van der Waals surface area (Å²) in [5.41, 5.74) is 5.53. The van der Waals surface area contributed by atoms with E-state index in [1.54, 1.807) is 0 Å². The van der Waals surface area contributed by atoms with E-state index < -0.39 is 0 Å². The summed E-state index contributed by atoms with van der Waals surface area (Å²) in [5.74, 6) is 0.